The van der Waals surface area contributed by atoms with Crippen molar-refractivity contribution in [3.63, 3.8) is 0 Å². The highest BCUT2D eigenvalue weighted by Crippen LogP contribution is 2.33. The van der Waals surface area contributed by atoms with Crippen LogP contribution in [0, 0.1) is 0 Å². The summed E-state index contributed by atoms with van der Waals surface area (Å²) >= 11 is 3.48. The van der Waals surface area contributed by atoms with Gasteiger partial charge < -0.3 is 0 Å². The van der Waals surface area contributed by atoms with Gasteiger partial charge in [0.1, 0.15) is 0 Å². The summed E-state index contributed by atoms with van der Waals surface area (Å²) in [7, 11) is -0.326. The molecule has 1 nitrogen and oxygen atoms in total. The highest BCUT2D eigenvalue weighted by atomic mass is 79.9. The van der Waals surface area contributed by atoms with Crippen LogP contribution in [0.3, 0.4) is 0 Å². The lowest BCUT2D eigenvalue weighted by atomic mass is 10.2. The molecule has 3 heteroatoms. The quantitative estimate of drug-likeness (QED) is 0.566. The molecule has 72 valence electrons. The topological polar surface area (TPSA) is 17.1 Å². The summed E-state index contributed by atoms with van der Waals surface area (Å²) in [5.41, 5.74) is 1.11. The van der Waals surface area contributed by atoms with Crippen LogP contribution in [0.15, 0.2) is 42.5 Å². The van der Waals surface area contributed by atoms with E-state index in [0.717, 1.165) is 5.56 Å². The van der Waals surface area contributed by atoms with Gasteiger partial charge in [0.2, 0.25) is 5.12 Å². The molecule has 1 aromatic carbocycles. The number of carbonyl (C=O) groups excluding carboxylic acids is 1. The van der Waals surface area contributed by atoms with Crippen molar-refractivity contribution in [2.75, 3.05) is 0 Å². The fourth-order valence-corrected chi connectivity index (χ4v) is 3.66. The number of hydrogen-bond donors (Lipinski definition) is 0. The molecular formula is C11H9BrOS. The van der Waals surface area contributed by atoms with Crippen molar-refractivity contribution >= 4 is 36.9 Å². The van der Waals surface area contributed by atoms with Crippen LogP contribution in [0.25, 0.3) is 0 Å². The number of hydrogen-bond acceptors (Lipinski definition) is 1. The van der Waals surface area contributed by atoms with Gasteiger partial charge in [-0.2, -0.15) is 0 Å². The van der Waals surface area contributed by atoms with E-state index in [-0.39, 0.29) is 19.8 Å². The lowest BCUT2D eigenvalue weighted by molar-refractivity contribution is -0.106. The van der Waals surface area contributed by atoms with Gasteiger partial charge in [0.25, 0.3) is 0 Å². The maximum absolute atomic E-state index is 11.5. The van der Waals surface area contributed by atoms with E-state index in [1.807, 2.05) is 41.8 Å². The van der Waals surface area contributed by atoms with Gasteiger partial charge in [-0.05, 0) is 17.0 Å². The minimum Gasteiger partial charge on any atom is -0.283 e. The third-order valence-electron chi connectivity index (χ3n) is 1.92. The number of benzene rings is 1. The Labute approximate surface area is 93.9 Å². The first kappa shape index (κ1) is 9.87. The van der Waals surface area contributed by atoms with Crippen LogP contribution in [0.4, 0.5) is 0 Å². The molecule has 1 aromatic rings. The van der Waals surface area contributed by atoms with Gasteiger partial charge in [0, 0.05) is 0 Å². The van der Waals surface area contributed by atoms with Crippen LogP contribution in [-0.2, 0) is 4.79 Å². The zero-order chi connectivity index (χ0) is 9.97. The summed E-state index contributed by atoms with van der Waals surface area (Å²) in [5, 5.41) is 2.23. The minimum absolute atomic E-state index is 0.176. The fraction of sp³-hybridized carbons (Fsp3) is 0.0909. The lowest BCUT2D eigenvalue weighted by Gasteiger charge is -2.02. The van der Waals surface area contributed by atoms with Crippen molar-refractivity contribution in [2.45, 2.75) is 4.16 Å². The second kappa shape index (κ2) is 4.24. The van der Waals surface area contributed by atoms with Gasteiger partial charge in [-0.3, -0.25) is 4.79 Å². The van der Waals surface area contributed by atoms with Crippen molar-refractivity contribution in [3.05, 3.63) is 48.0 Å². The van der Waals surface area contributed by atoms with Crippen molar-refractivity contribution in [2.24, 2.45) is 0 Å². The molecule has 1 heterocycles. The third kappa shape index (κ3) is 2.04. The van der Waals surface area contributed by atoms with Crippen molar-refractivity contribution in [3.8, 4) is 0 Å². The number of alkyl halides is 1. The van der Waals surface area contributed by atoms with Gasteiger partial charge in [-0.1, -0.05) is 62.8 Å². The zero-order valence-electron chi connectivity index (χ0n) is 7.39. The third-order valence-corrected chi connectivity index (χ3v) is 5.20. The molecule has 0 radical (unpaired) electrons. The predicted molar refractivity (Wildman–Crippen MR) is 66.1 cm³/mol. The summed E-state index contributed by atoms with van der Waals surface area (Å²) < 4.78 is 0.176. The largest absolute Gasteiger partial charge is 0.283 e. The van der Waals surface area contributed by atoms with Crippen LogP contribution in [0.2, 0.25) is 0 Å². The summed E-state index contributed by atoms with van der Waals surface area (Å²) in [5.74, 6) is 0. The lowest BCUT2D eigenvalue weighted by Crippen LogP contribution is -1.93. The van der Waals surface area contributed by atoms with Gasteiger partial charge >= 0.3 is 0 Å². The summed E-state index contributed by atoms with van der Waals surface area (Å²) in [6.45, 7) is 0. The Morgan fingerprint density at radius 3 is 2.57 bits per heavy atom. The van der Waals surface area contributed by atoms with Crippen LogP contribution in [-0.4, -0.2) is 14.6 Å². The SMILES string of the molecule is O=C1C=CC(Br)S1=Cc1ccccc1. The molecular weight excluding hydrogens is 260 g/mol. The molecule has 0 amide bonds. The Kier molecular flexibility index (Phi) is 2.99. The van der Waals surface area contributed by atoms with Crippen LogP contribution >= 0.6 is 26.4 Å². The molecule has 2 rings (SSSR count). The fourth-order valence-electron chi connectivity index (χ4n) is 1.23. The maximum atomic E-state index is 11.5. The number of carbonyl (C=O) groups is 1. The zero-order valence-corrected chi connectivity index (χ0v) is 9.79. The highest BCUT2D eigenvalue weighted by molar-refractivity contribution is 9.12. The van der Waals surface area contributed by atoms with E-state index < -0.39 is 0 Å². The molecule has 0 aromatic heterocycles. The second-order valence-electron chi connectivity index (χ2n) is 2.93. The Balaban J connectivity index is 2.32. The Hall–Kier alpha value is -0.670. The number of rotatable bonds is 1. The molecule has 14 heavy (non-hydrogen) atoms. The Morgan fingerprint density at radius 1 is 1.29 bits per heavy atom. The van der Waals surface area contributed by atoms with E-state index in [4.69, 9.17) is 0 Å². The monoisotopic (exact) mass is 268 g/mol. The molecule has 0 aliphatic carbocycles. The Bertz CT molecular complexity index is 409. The minimum atomic E-state index is -0.326. The van der Waals surface area contributed by atoms with E-state index in [1.165, 1.54) is 0 Å². The number of halogens is 1. The highest BCUT2D eigenvalue weighted by Gasteiger charge is 2.18. The van der Waals surface area contributed by atoms with Crippen molar-refractivity contribution in [1.29, 1.82) is 0 Å². The van der Waals surface area contributed by atoms with Crippen molar-refractivity contribution < 1.29 is 4.79 Å². The molecule has 1 aliphatic heterocycles. The predicted octanol–water partition coefficient (Wildman–Crippen LogP) is 2.92. The summed E-state index contributed by atoms with van der Waals surface area (Å²) in [4.78, 5) is 11.5. The molecule has 0 N–H and O–H groups in total. The molecule has 0 spiro atoms. The smallest absolute Gasteiger partial charge is 0.207 e. The Morgan fingerprint density at radius 2 is 2.00 bits per heavy atom. The van der Waals surface area contributed by atoms with Crippen LogP contribution < -0.4 is 0 Å². The first-order chi connectivity index (χ1) is 6.77. The maximum Gasteiger partial charge on any atom is 0.207 e. The van der Waals surface area contributed by atoms with Gasteiger partial charge in [-0.25, -0.2) is 0 Å². The van der Waals surface area contributed by atoms with Crippen LogP contribution in [0.1, 0.15) is 5.56 Å². The van der Waals surface area contributed by atoms with E-state index >= 15 is 0 Å². The summed E-state index contributed by atoms with van der Waals surface area (Å²) in [6.07, 6.45) is 3.56. The van der Waals surface area contributed by atoms with Crippen molar-refractivity contribution in [1.82, 2.24) is 0 Å². The molecule has 2 atom stereocenters. The van der Waals surface area contributed by atoms with Crippen LogP contribution in [0.5, 0.6) is 0 Å². The average Bonchev–Trinajstić information content (AvgIpc) is 2.51. The second-order valence-corrected chi connectivity index (χ2v) is 6.41. The van der Waals surface area contributed by atoms with E-state index in [1.54, 1.807) is 6.08 Å². The normalized spacial score (nSPS) is 25.9. The van der Waals surface area contributed by atoms with E-state index in [0.29, 0.717) is 0 Å². The van der Waals surface area contributed by atoms with Gasteiger partial charge in [0.05, 0.1) is 4.16 Å². The average molecular weight is 269 g/mol. The van der Waals surface area contributed by atoms with Gasteiger partial charge in [-0.15, -0.1) is 0 Å². The molecule has 0 saturated carbocycles. The molecule has 0 fully saturated rings. The molecule has 1 aliphatic rings. The standard InChI is InChI=1S/C11H9BrOS/c12-10-6-7-11(13)14(10)8-9-4-2-1-3-5-9/h1-8,10H. The molecule has 2 unspecified atom stereocenters. The van der Waals surface area contributed by atoms with E-state index in [2.05, 4.69) is 15.9 Å². The molecule has 0 saturated heterocycles. The first-order valence-corrected chi connectivity index (χ1v) is 6.52. The molecule has 0 bridgehead atoms. The summed E-state index contributed by atoms with van der Waals surface area (Å²) in [6, 6.07) is 9.95. The van der Waals surface area contributed by atoms with E-state index in [9.17, 15) is 4.79 Å². The first-order valence-electron chi connectivity index (χ1n) is 4.25. The van der Waals surface area contributed by atoms with Gasteiger partial charge in [0.15, 0.2) is 0 Å².